The van der Waals surface area contributed by atoms with Crippen molar-refractivity contribution in [3.63, 3.8) is 0 Å². The third-order valence-corrected chi connectivity index (χ3v) is 6.47. The van der Waals surface area contributed by atoms with Crippen molar-refractivity contribution >= 4 is 28.4 Å². The smallest absolute Gasteiger partial charge is 0.385 e. The summed E-state index contributed by atoms with van der Waals surface area (Å²) in [7, 11) is 0. The van der Waals surface area contributed by atoms with Gasteiger partial charge in [0.2, 0.25) is 0 Å². The summed E-state index contributed by atoms with van der Waals surface area (Å²) in [6.45, 7) is 0. The number of aromatic nitrogens is 2. The number of halogens is 4. The first-order valence-corrected chi connectivity index (χ1v) is 9.87. The summed E-state index contributed by atoms with van der Waals surface area (Å²) in [5.74, 6) is -0.416. The molecule has 5 nitrogen and oxygen atoms in total. The van der Waals surface area contributed by atoms with Gasteiger partial charge in [-0.1, -0.05) is 17.7 Å². The Bertz CT molecular complexity index is 1150. The Morgan fingerprint density at radius 1 is 1.23 bits per heavy atom. The topological polar surface area (TPSA) is 78.0 Å². The summed E-state index contributed by atoms with van der Waals surface area (Å²) in [6, 6.07) is 7.69. The Balaban J connectivity index is 1.30. The summed E-state index contributed by atoms with van der Waals surface area (Å²) >= 11 is 6.18. The summed E-state index contributed by atoms with van der Waals surface area (Å²) in [5, 5.41) is 22.2. The molecule has 2 unspecified atom stereocenters. The molecule has 30 heavy (non-hydrogen) atoms. The molecule has 3 N–H and O–H groups in total. The molecule has 0 saturated heterocycles. The van der Waals surface area contributed by atoms with E-state index in [1.165, 1.54) is 12.1 Å². The van der Waals surface area contributed by atoms with Gasteiger partial charge < -0.3 is 10.4 Å². The molecule has 2 fully saturated rings. The average molecular weight is 436 g/mol. The average Bonchev–Trinajstić information content (AvgIpc) is 3.03. The maximum absolute atomic E-state index is 12.9. The Kier molecular flexibility index (Phi) is 4.17. The van der Waals surface area contributed by atoms with E-state index in [2.05, 4.69) is 15.5 Å². The number of hydrogen-bond acceptors (Lipinski definition) is 3. The number of H-pyrrole nitrogens is 1. The molecule has 0 spiro atoms. The van der Waals surface area contributed by atoms with Crippen molar-refractivity contribution in [1.29, 1.82) is 0 Å². The summed E-state index contributed by atoms with van der Waals surface area (Å²) in [6.07, 6.45) is -1.98. The number of amides is 1. The minimum Gasteiger partial charge on any atom is -0.385 e. The molecule has 1 heterocycles. The molecule has 2 aliphatic rings. The van der Waals surface area contributed by atoms with E-state index in [0.29, 0.717) is 23.4 Å². The third kappa shape index (κ3) is 3.15. The first-order valence-electron chi connectivity index (χ1n) is 9.49. The van der Waals surface area contributed by atoms with Crippen LogP contribution in [0.5, 0.6) is 0 Å². The van der Waals surface area contributed by atoms with Crippen molar-refractivity contribution in [3.05, 3.63) is 64.3 Å². The number of fused-ring (bicyclic) bond motifs is 2. The number of carbonyl (C=O) groups excluding carboxylic acids is 1. The van der Waals surface area contributed by atoms with Crippen LogP contribution in [0.3, 0.4) is 0 Å². The van der Waals surface area contributed by atoms with Crippen molar-refractivity contribution in [2.75, 3.05) is 0 Å². The van der Waals surface area contributed by atoms with Crippen LogP contribution in [0.2, 0.25) is 5.02 Å². The van der Waals surface area contributed by atoms with E-state index in [1.807, 2.05) is 0 Å². The number of nitrogens with one attached hydrogen (secondary N) is 2. The van der Waals surface area contributed by atoms with E-state index in [0.717, 1.165) is 23.0 Å². The van der Waals surface area contributed by atoms with Gasteiger partial charge in [-0.05, 0) is 60.6 Å². The monoisotopic (exact) mass is 435 g/mol. The highest BCUT2D eigenvalue weighted by molar-refractivity contribution is 6.31. The molecule has 156 valence electrons. The molecule has 0 aliphatic heterocycles. The normalized spacial score (nSPS) is 27.8. The SMILES string of the molecule is O=C(NC1C2CC(O)(c3cc(Cl)cc4[nH]ncc34)CC21)c1cccc(C(F)(F)F)c1. The van der Waals surface area contributed by atoms with Crippen LogP contribution in [-0.4, -0.2) is 27.3 Å². The van der Waals surface area contributed by atoms with Gasteiger partial charge in [0.1, 0.15) is 0 Å². The molecule has 0 radical (unpaired) electrons. The fourth-order valence-electron chi connectivity index (χ4n) is 4.77. The van der Waals surface area contributed by atoms with Crippen molar-refractivity contribution in [3.8, 4) is 0 Å². The minimum absolute atomic E-state index is 0.0278. The van der Waals surface area contributed by atoms with Crippen LogP contribution in [0.15, 0.2) is 42.6 Å². The van der Waals surface area contributed by atoms with Crippen LogP contribution in [0.25, 0.3) is 10.9 Å². The molecule has 2 aromatic carbocycles. The van der Waals surface area contributed by atoms with Gasteiger partial charge in [0.25, 0.3) is 5.91 Å². The van der Waals surface area contributed by atoms with Gasteiger partial charge in [0, 0.05) is 22.0 Å². The predicted octanol–water partition coefficient (Wildman–Crippen LogP) is 4.26. The highest BCUT2D eigenvalue weighted by Crippen LogP contribution is 2.60. The van der Waals surface area contributed by atoms with Crippen LogP contribution in [-0.2, 0) is 11.8 Å². The fourth-order valence-corrected chi connectivity index (χ4v) is 4.99. The molecular formula is C21H17ClF3N3O2. The van der Waals surface area contributed by atoms with Gasteiger partial charge in [0.15, 0.2) is 0 Å². The Morgan fingerprint density at radius 2 is 1.97 bits per heavy atom. The van der Waals surface area contributed by atoms with Gasteiger partial charge in [-0.25, -0.2) is 0 Å². The van der Waals surface area contributed by atoms with E-state index in [1.54, 1.807) is 18.3 Å². The summed E-state index contributed by atoms with van der Waals surface area (Å²) < 4.78 is 38.6. The fraction of sp³-hybridized carbons (Fsp3) is 0.333. The van der Waals surface area contributed by atoms with E-state index >= 15 is 0 Å². The van der Waals surface area contributed by atoms with Crippen LogP contribution in [0.1, 0.15) is 34.3 Å². The molecule has 3 aromatic rings. The van der Waals surface area contributed by atoms with E-state index in [-0.39, 0.29) is 23.4 Å². The first kappa shape index (κ1) is 19.4. The van der Waals surface area contributed by atoms with E-state index < -0.39 is 23.2 Å². The number of alkyl halides is 3. The standard InChI is InChI=1S/C21H17ClF3N3O2/c22-12-5-16(15-9-26-28-17(15)6-12)20(30)7-13-14(8-20)18(13)27-19(29)10-2-1-3-11(4-10)21(23,24)25/h1-6,9,13-14,18,30H,7-8H2,(H,26,28)(H,27,29). The van der Waals surface area contributed by atoms with Crippen LogP contribution in [0, 0.1) is 11.8 Å². The lowest BCUT2D eigenvalue weighted by Crippen LogP contribution is -2.33. The number of rotatable bonds is 3. The Morgan fingerprint density at radius 3 is 2.67 bits per heavy atom. The molecule has 5 rings (SSSR count). The largest absolute Gasteiger partial charge is 0.416 e. The number of aromatic amines is 1. The van der Waals surface area contributed by atoms with Gasteiger partial charge in [0.05, 0.1) is 22.9 Å². The number of benzene rings is 2. The lowest BCUT2D eigenvalue weighted by atomic mass is 9.86. The van der Waals surface area contributed by atoms with Crippen LogP contribution in [0.4, 0.5) is 13.2 Å². The highest BCUT2D eigenvalue weighted by Gasteiger charge is 2.62. The molecular weight excluding hydrogens is 419 g/mol. The van der Waals surface area contributed by atoms with Gasteiger partial charge in [-0.15, -0.1) is 0 Å². The lowest BCUT2D eigenvalue weighted by Gasteiger charge is -2.27. The molecule has 9 heteroatoms. The number of hydrogen-bond donors (Lipinski definition) is 3. The van der Waals surface area contributed by atoms with Crippen LogP contribution >= 0.6 is 11.6 Å². The Hall–Kier alpha value is -2.58. The summed E-state index contributed by atoms with van der Waals surface area (Å²) in [5.41, 5.74) is -0.528. The second-order valence-corrected chi connectivity index (χ2v) is 8.57. The number of carbonyl (C=O) groups is 1. The van der Waals surface area contributed by atoms with Crippen molar-refractivity contribution < 1.29 is 23.1 Å². The van der Waals surface area contributed by atoms with Crippen LogP contribution < -0.4 is 5.32 Å². The van der Waals surface area contributed by atoms with Crippen molar-refractivity contribution in [2.45, 2.75) is 30.7 Å². The lowest BCUT2D eigenvalue weighted by molar-refractivity contribution is -0.137. The zero-order valence-electron chi connectivity index (χ0n) is 15.5. The van der Waals surface area contributed by atoms with Crippen molar-refractivity contribution in [1.82, 2.24) is 15.5 Å². The predicted molar refractivity (Wildman–Crippen MR) is 104 cm³/mol. The second kappa shape index (κ2) is 6.46. The third-order valence-electron chi connectivity index (χ3n) is 6.25. The van der Waals surface area contributed by atoms with E-state index in [9.17, 15) is 23.1 Å². The molecule has 1 amide bonds. The second-order valence-electron chi connectivity index (χ2n) is 8.13. The summed E-state index contributed by atoms with van der Waals surface area (Å²) in [4.78, 5) is 12.5. The van der Waals surface area contributed by atoms with Gasteiger partial charge >= 0.3 is 6.18 Å². The number of nitrogens with zero attached hydrogens (tertiary/aromatic N) is 1. The van der Waals surface area contributed by atoms with E-state index in [4.69, 9.17) is 11.6 Å². The van der Waals surface area contributed by atoms with Gasteiger partial charge in [-0.3, -0.25) is 9.89 Å². The molecule has 2 atom stereocenters. The molecule has 2 aliphatic carbocycles. The highest BCUT2D eigenvalue weighted by atomic mass is 35.5. The zero-order chi connectivity index (χ0) is 21.3. The van der Waals surface area contributed by atoms with Crippen molar-refractivity contribution in [2.24, 2.45) is 11.8 Å². The van der Waals surface area contributed by atoms with Gasteiger partial charge in [-0.2, -0.15) is 18.3 Å². The maximum atomic E-state index is 12.9. The minimum atomic E-state index is -4.50. The first-order chi connectivity index (χ1) is 14.2. The molecule has 0 bridgehead atoms. The molecule has 2 saturated carbocycles. The quantitative estimate of drug-likeness (QED) is 0.575. The number of aliphatic hydroxyl groups is 1. The maximum Gasteiger partial charge on any atom is 0.416 e. The molecule has 1 aromatic heterocycles. The zero-order valence-corrected chi connectivity index (χ0v) is 16.3. The Labute approximate surface area is 174 Å².